The molecule has 0 radical (unpaired) electrons. The van der Waals surface area contributed by atoms with Crippen molar-refractivity contribution in [2.24, 2.45) is 5.92 Å². The lowest BCUT2D eigenvalue weighted by Gasteiger charge is -2.36. The molecule has 6 heteroatoms. The van der Waals surface area contributed by atoms with E-state index in [-0.39, 0.29) is 5.92 Å². The van der Waals surface area contributed by atoms with Crippen LogP contribution in [-0.4, -0.2) is 29.1 Å². The molecule has 24 heavy (non-hydrogen) atoms. The summed E-state index contributed by atoms with van der Waals surface area (Å²) in [4.78, 5) is 13.0. The molecule has 1 aliphatic rings. The third kappa shape index (κ3) is 4.18. The molecule has 0 atom stereocenters. The van der Waals surface area contributed by atoms with Gasteiger partial charge in [0.1, 0.15) is 12.4 Å². The highest BCUT2D eigenvalue weighted by Crippen LogP contribution is 2.36. The van der Waals surface area contributed by atoms with E-state index >= 15 is 0 Å². The van der Waals surface area contributed by atoms with Gasteiger partial charge < -0.3 is 9.84 Å². The number of ether oxygens (including phenoxy) is 1. The predicted molar refractivity (Wildman–Crippen MR) is 99.0 cm³/mol. The molecule has 4 nitrogen and oxygen atoms in total. The zero-order valence-electron chi connectivity index (χ0n) is 12.9. The minimum atomic E-state index is -0.710. The van der Waals surface area contributed by atoms with Gasteiger partial charge in [-0.15, -0.1) is 0 Å². The number of nitrogens with zero attached hydrogens (tertiary/aromatic N) is 1. The molecule has 0 spiro atoms. The van der Waals surface area contributed by atoms with E-state index in [9.17, 15) is 4.79 Å². The zero-order chi connectivity index (χ0) is 17.1. The van der Waals surface area contributed by atoms with Crippen molar-refractivity contribution in [3.63, 3.8) is 0 Å². The van der Waals surface area contributed by atoms with Crippen LogP contribution in [0.25, 0.3) is 0 Å². The molecule has 0 aliphatic carbocycles. The molecule has 0 unspecified atom stereocenters. The summed E-state index contributed by atoms with van der Waals surface area (Å²) in [5, 5.41) is 8.94. The second kappa shape index (κ2) is 7.68. The first-order chi connectivity index (χ1) is 11.5. The van der Waals surface area contributed by atoms with Gasteiger partial charge in [0.2, 0.25) is 0 Å². The van der Waals surface area contributed by atoms with Crippen molar-refractivity contribution in [1.29, 1.82) is 0 Å². The zero-order valence-corrected chi connectivity index (χ0v) is 16.1. The Kier molecular flexibility index (Phi) is 5.58. The van der Waals surface area contributed by atoms with Gasteiger partial charge in [-0.25, -0.2) is 0 Å². The Morgan fingerprint density at radius 2 is 1.75 bits per heavy atom. The second-order valence-corrected chi connectivity index (χ2v) is 7.60. The van der Waals surface area contributed by atoms with E-state index in [0.29, 0.717) is 19.7 Å². The summed E-state index contributed by atoms with van der Waals surface area (Å²) in [5.41, 5.74) is 2.23. The summed E-state index contributed by atoms with van der Waals surface area (Å²) < 4.78 is 7.69. The van der Waals surface area contributed by atoms with E-state index in [0.717, 1.165) is 32.4 Å². The average molecular weight is 455 g/mol. The van der Waals surface area contributed by atoms with E-state index < -0.39 is 5.97 Å². The first-order valence-electron chi connectivity index (χ1n) is 7.62. The number of carbonyl (C=O) groups is 1. The maximum Gasteiger partial charge on any atom is 0.309 e. The van der Waals surface area contributed by atoms with Crippen molar-refractivity contribution >= 4 is 37.8 Å². The number of halogens is 2. The van der Waals surface area contributed by atoms with Crippen LogP contribution < -0.4 is 4.74 Å². The average Bonchev–Trinajstić information content (AvgIpc) is 2.50. The smallest absolute Gasteiger partial charge is 0.309 e. The summed E-state index contributed by atoms with van der Waals surface area (Å²) in [6.45, 7) is 2.46. The van der Waals surface area contributed by atoms with Crippen LogP contribution in [0.5, 0.6) is 5.75 Å². The van der Waals surface area contributed by atoms with Gasteiger partial charge in [-0.3, -0.25) is 9.69 Å². The molecular formula is C18H17Br2NO3. The quantitative estimate of drug-likeness (QED) is 0.706. The van der Waals surface area contributed by atoms with Crippen molar-refractivity contribution in [2.75, 3.05) is 13.1 Å². The Morgan fingerprint density at radius 3 is 2.33 bits per heavy atom. The van der Waals surface area contributed by atoms with Crippen molar-refractivity contribution in [3.05, 3.63) is 62.5 Å². The van der Waals surface area contributed by atoms with E-state index in [1.165, 1.54) is 0 Å². The van der Waals surface area contributed by atoms with Crippen molar-refractivity contribution in [3.8, 4) is 5.75 Å². The first-order valence-corrected chi connectivity index (χ1v) is 9.21. The first kappa shape index (κ1) is 17.5. The number of carboxylic acid groups (broad SMARTS) is 1. The summed E-state index contributed by atoms with van der Waals surface area (Å²) in [7, 11) is 0. The molecule has 126 valence electrons. The molecule has 0 aromatic heterocycles. The van der Waals surface area contributed by atoms with Crippen molar-refractivity contribution < 1.29 is 14.6 Å². The summed E-state index contributed by atoms with van der Waals surface area (Å²) in [6.07, 6.45) is 0. The van der Waals surface area contributed by atoms with Crippen LogP contribution in [0.4, 0.5) is 0 Å². The molecule has 2 aromatic carbocycles. The highest BCUT2D eigenvalue weighted by Gasteiger charge is 2.32. The fourth-order valence-corrected chi connectivity index (χ4v) is 4.19. The number of aliphatic carboxylic acids is 1. The van der Waals surface area contributed by atoms with Crippen LogP contribution in [0.3, 0.4) is 0 Å². The molecule has 0 amide bonds. The lowest BCUT2D eigenvalue weighted by molar-refractivity contribution is -0.147. The predicted octanol–water partition coefficient (Wildman–Crippen LogP) is 4.31. The van der Waals surface area contributed by atoms with Crippen LogP contribution in [-0.2, 0) is 17.9 Å². The largest absolute Gasteiger partial charge is 0.487 e. The van der Waals surface area contributed by atoms with Crippen LogP contribution in [0.2, 0.25) is 0 Å². The molecule has 0 saturated carbocycles. The second-order valence-electron chi connectivity index (χ2n) is 5.89. The fourth-order valence-electron chi connectivity index (χ4n) is 2.68. The molecule has 2 aromatic rings. The highest BCUT2D eigenvalue weighted by molar-refractivity contribution is 9.11. The van der Waals surface area contributed by atoms with Gasteiger partial charge in [0, 0.05) is 19.6 Å². The number of carboxylic acids is 1. The molecule has 3 rings (SSSR count). The lowest BCUT2D eigenvalue weighted by Crippen LogP contribution is -2.49. The van der Waals surface area contributed by atoms with Gasteiger partial charge in [0.05, 0.1) is 14.9 Å². The fraction of sp³-hybridized carbons (Fsp3) is 0.278. The lowest BCUT2D eigenvalue weighted by atomic mass is 9.99. The van der Waals surface area contributed by atoms with Gasteiger partial charge in [-0.1, -0.05) is 30.3 Å². The van der Waals surface area contributed by atoms with Gasteiger partial charge in [0.15, 0.2) is 0 Å². The van der Waals surface area contributed by atoms with Crippen molar-refractivity contribution in [1.82, 2.24) is 4.90 Å². The van der Waals surface area contributed by atoms with E-state index in [1.807, 2.05) is 42.5 Å². The maximum absolute atomic E-state index is 10.9. The van der Waals surface area contributed by atoms with E-state index in [1.54, 1.807) is 0 Å². The van der Waals surface area contributed by atoms with E-state index in [2.05, 4.69) is 36.8 Å². The number of hydrogen-bond donors (Lipinski definition) is 1. The van der Waals surface area contributed by atoms with Gasteiger partial charge in [0.25, 0.3) is 0 Å². The van der Waals surface area contributed by atoms with Crippen molar-refractivity contribution in [2.45, 2.75) is 13.2 Å². The minimum Gasteiger partial charge on any atom is -0.487 e. The Bertz CT molecular complexity index is 707. The standard InChI is InChI=1S/C18H17Br2NO3/c19-15-6-13(8-21-9-14(10-21)18(22)23)7-16(20)17(15)24-11-12-4-2-1-3-5-12/h1-7,14H,8-11H2,(H,22,23). The maximum atomic E-state index is 10.9. The highest BCUT2D eigenvalue weighted by atomic mass is 79.9. The Balaban J connectivity index is 1.62. The summed E-state index contributed by atoms with van der Waals surface area (Å²) >= 11 is 7.14. The molecule has 1 heterocycles. The monoisotopic (exact) mass is 453 g/mol. The molecule has 1 saturated heterocycles. The van der Waals surface area contributed by atoms with Gasteiger partial charge >= 0.3 is 5.97 Å². The van der Waals surface area contributed by atoms with E-state index in [4.69, 9.17) is 9.84 Å². The Hall–Kier alpha value is -1.37. The third-order valence-corrected chi connectivity index (χ3v) is 5.17. The molecule has 1 N–H and O–H groups in total. The molecule has 1 aliphatic heterocycles. The summed E-state index contributed by atoms with van der Waals surface area (Å²) in [6, 6.07) is 14.1. The summed E-state index contributed by atoms with van der Waals surface area (Å²) in [5.74, 6) is -0.168. The molecular weight excluding hydrogens is 438 g/mol. The molecule has 0 bridgehead atoms. The van der Waals surface area contributed by atoms with Gasteiger partial charge in [-0.05, 0) is 55.1 Å². The van der Waals surface area contributed by atoms with Crippen LogP contribution in [0.15, 0.2) is 51.4 Å². The number of likely N-dealkylation sites (tertiary alicyclic amines) is 1. The number of rotatable bonds is 6. The normalized spacial score (nSPS) is 15.1. The van der Waals surface area contributed by atoms with Crippen LogP contribution in [0, 0.1) is 5.92 Å². The van der Waals surface area contributed by atoms with Crippen LogP contribution >= 0.6 is 31.9 Å². The number of benzene rings is 2. The Morgan fingerprint density at radius 1 is 1.12 bits per heavy atom. The minimum absolute atomic E-state index is 0.231. The topological polar surface area (TPSA) is 49.8 Å². The molecule has 1 fully saturated rings. The third-order valence-electron chi connectivity index (χ3n) is 4.00. The van der Waals surface area contributed by atoms with Gasteiger partial charge in [-0.2, -0.15) is 0 Å². The SMILES string of the molecule is O=C(O)C1CN(Cc2cc(Br)c(OCc3ccccc3)c(Br)c2)C1. The van der Waals surface area contributed by atoms with Crippen LogP contribution in [0.1, 0.15) is 11.1 Å². The number of hydrogen-bond acceptors (Lipinski definition) is 3. The Labute approximate surface area is 157 Å².